The molecule has 1 aliphatic carbocycles. The van der Waals surface area contributed by atoms with Crippen LogP contribution in [0.1, 0.15) is 43.0 Å². The molecule has 1 aliphatic heterocycles. The first-order valence-electron chi connectivity index (χ1n) is 7.59. The Labute approximate surface area is 115 Å². The van der Waals surface area contributed by atoms with Crippen molar-refractivity contribution in [1.29, 1.82) is 0 Å². The Hall–Kier alpha value is -0.870. The minimum atomic E-state index is 0.663. The predicted octanol–water partition coefficient (Wildman–Crippen LogP) is 2.26. The summed E-state index contributed by atoms with van der Waals surface area (Å²) in [4.78, 5) is 7.06. The maximum atomic E-state index is 5.74. The van der Waals surface area contributed by atoms with Crippen molar-refractivity contribution in [2.24, 2.45) is 5.92 Å². The average molecular weight is 263 g/mol. The highest BCUT2D eigenvalue weighted by Gasteiger charge is 2.27. The topological polar surface area (TPSA) is 41.3 Å². The van der Waals surface area contributed by atoms with Gasteiger partial charge in [-0.1, -0.05) is 0 Å². The van der Waals surface area contributed by atoms with E-state index in [1.165, 1.54) is 38.8 Å². The number of rotatable bonds is 6. The standard InChI is InChI=1S/C15H25N3O/c1-11-12(2)19-15(17-11)10-18(8-13-5-6-13)9-14-4-3-7-16-14/h13-14,16H,3-10H2,1-2H3. The van der Waals surface area contributed by atoms with Gasteiger partial charge in [-0.2, -0.15) is 0 Å². The lowest BCUT2D eigenvalue weighted by Gasteiger charge is -2.24. The molecule has 2 heterocycles. The van der Waals surface area contributed by atoms with Crippen molar-refractivity contribution in [3.63, 3.8) is 0 Å². The fourth-order valence-corrected chi connectivity index (χ4v) is 2.89. The first-order chi connectivity index (χ1) is 9.20. The Morgan fingerprint density at radius 3 is 2.68 bits per heavy atom. The molecule has 106 valence electrons. The Bertz CT molecular complexity index is 400. The van der Waals surface area contributed by atoms with Crippen LogP contribution >= 0.6 is 0 Å². The molecule has 0 spiro atoms. The van der Waals surface area contributed by atoms with Gasteiger partial charge < -0.3 is 9.73 Å². The van der Waals surface area contributed by atoms with Crippen LogP contribution in [-0.4, -0.2) is 35.6 Å². The molecule has 0 radical (unpaired) electrons. The molecule has 1 N–H and O–H groups in total. The summed E-state index contributed by atoms with van der Waals surface area (Å²) >= 11 is 0. The molecule has 0 aromatic carbocycles. The van der Waals surface area contributed by atoms with Crippen LogP contribution in [0.25, 0.3) is 0 Å². The molecule has 2 fully saturated rings. The fraction of sp³-hybridized carbons (Fsp3) is 0.800. The van der Waals surface area contributed by atoms with Gasteiger partial charge in [0.15, 0.2) is 0 Å². The predicted molar refractivity (Wildman–Crippen MR) is 75.0 cm³/mol. The highest BCUT2D eigenvalue weighted by molar-refractivity contribution is 5.05. The SMILES string of the molecule is Cc1nc(CN(CC2CC2)CC2CCCN2)oc1C. The van der Waals surface area contributed by atoms with Crippen molar-refractivity contribution in [2.45, 2.75) is 52.1 Å². The van der Waals surface area contributed by atoms with E-state index in [2.05, 4.69) is 15.2 Å². The van der Waals surface area contributed by atoms with E-state index in [1.807, 2.05) is 13.8 Å². The van der Waals surface area contributed by atoms with E-state index >= 15 is 0 Å². The second-order valence-corrected chi connectivity index (χ2v) is 6.18. The van der Waals surface area contributed by atoms with Crippen LogP contribution in [0.3, 0.4) is 0 Å². The molecule has 0 bridgehead atoms. The van der Waals surface area contributed by atoms with Gasteiger partial charge in [0, 0.05) is 19.1 Å². The molecular weight excluding hydrogens is 238 g/mol. The van der Waals surface area contributed by atoms with E-state index in [0.717, 1.165) is 36.4 Å². The van der Waals surface area contributed by atoms with E-state index in [0.29, 0.717) is 6.04 Å². The molecule has 1 saturated carbocycles. The number of hydrogen-bond donors (Lipinski definition) is 1. The van der Waals surface area contributed by atoms with Crippen LogP contribution in [0.5, 0.6) is 0 Å². The van der Waals surface area contributed by atoms with Gasteiger partial charge in [-0.15, -0.1) is 0 Å². The first kappa shape index (κ1) is 13.1. The number of hydrogen-bond acceptors (Lipinski definition) is 4. The summed E-state index contributed by atoms with van der Waals surface area (Å²) in [5.41, 5.74) is 1.03. The zero-order valence-corrected chi connectivity index (χ0v) is 12.1. The maximum Gasteiger partial charge on any atom is 0.208 e. The Morgan fingerprint density at radius 1 is 1.26 bits per heavy atom. The molecule has 1 unspecified atom stereocenters. The lowest BCUT2D eigenvalue weighted by Crippen LogP contribution is -2.38. The van der Waals surface area contributed by atoms with Gasteiger partial charge in [0.05, 0.1) is 12.2 Å². The van der Waals surface area contributed by atoms with Crippen LogP contribution in [0.15, 0.2) is 4.42 Å². The molecule has 1 atom stereocenters. The van der Waals surface area contributed by atoms with Crippen molar-refractivity contribution < 1.29 is 4.42 Å². The highest BCUT2D eigenvalue weighted by Crippen LogP contribution is 2.30. The third-order valence-corrected chi connectivity index (χ3v) is 4.29. The second-order valence-electron chi connectivity index (χ2n) is 6.18. The van der Waals surface area contributed by atoms with Gasteiger partial charge >= 0.3 is 0 Å². The monoisotopic (exact) mass is 263 g/mol. The van der Waals surface area contributed by atoms with Crippen LogP contribution in [-0.2, 0) is 6.54 Å². The number of oxazole rings is 1. The number of nitrogens with zero attached hydrogens (tertiary/aromatic N) is 2. The fourth-order valence-electron chi connectivity index (χ4n) is 2.89. The van der Waals surface area contributed by atoms with Crippen molar-refractivity contribution in [1.82, 2.24) is 15.2 Å². The summed E-state index contributed by atoms with van der Waals surface area (Å²) < 4.78 is 5.74. The average Bonchev–Trinajstić information content (AvgIpc) is 2.91. The third-order valence-electron chi connectivity index (χ3n) is 4.29. The van der Waals surface area contributed by atoms with Crippen LogP contribution in [0, 0.1) is 19.8 Å². The van der Waals surface area contributed by atoms with Crippen molar-refractivity contribution in [3.05, 3.63) is 17.3 Å². The molecular formula is C15H25N3O. The molecule has 4 heteroatoms. The Balaban J connectivity index is 1.60. The summed E-state index contributed by atoms with van der Waals surface area (Å²) in [6.45, 7) is 8.40. The maximum absolute atomic E-state index is 5.74. The van der Waals surface area contributed by atoms with E-state index in [9.17, 15) is 0 Å². The van der Waals surface area contributed by atoms with Gasteiger partial charge in [0.25, 0.3) is 0 Å². The summed E-state index contributed by atoms with van der Waals surface area (Å²) in [6.07, 6.45) is 5.43. The van der Waals surface area contributed by atoms with Gasteiger partial charge in [-0.05, 0) is 52.0 Å². The molecule has 4 nitrogen and oxygen atoms in total. The third kappa shape index (κ3) is 3.57. The van der Waals surface area contributed by atoms with Crippen LogP contribution in [0.2, 0.25) is 0 Å². The minimum absolute atomic E-state index is 0.663. The van der Waals surface area contributed by atoms with Gasteiger partial charge in [0.2, 0.25) is 5.89 Å². The summed E-state index contributed by atoms with van der Waals surface area (Å²) in [5.74, 6) is 2.76. The molecule has 1 saturated heterocycles. The highest BCUT2D eigenvalue weighted by atomic mass is 16.4. The largest absolute Gasteiger partial charge is 0.444 e. The van der Waals surface area contributed by atoms with Gasteiger partial charge in [-0.25, -0.2) is 4.98 Å². The molecule has 19 heavy (non-hydrogen) atoms. The zero-order chi connectivity index (χ0) is 13.2. The number of nitrogens with one attached hydrogen (secondary N) is 1. The van der Waals surface area contributed by atoms with E-state index in [1.54, 1.807) is 0 Å². The van der Waals surface area contributed by atoms with Crippen molar-refractivity contribution in [3.8, 4) is 0 Å². The normalized spacial score (nSPS) is 23.4. The molecule has 3 rings (SSSR count). The minimum Gasteiger partial charge on any atom is -0.444 e. The van der Waals surface area contributed by atoms with Gasteiger partial charge in [-0.3, -0.25) is 4.90 Å². The van der Waals surface area contributed by atoms with Crippen molar-refractivity contribution >= 4 is 0 Å². The van der Waals surface area contributed by atoms with Gasteiger partial charge in [0.1, 0.15) is 5.76 Å². The Morgan fingerprint density at radius 2 is 2.11 bits per heavy atom. The smallest absolute Gasteiger partial charge is 0.208 e. The summed E-state index contributed by atoms with van der Waals surface area (Å²) in [7, 11) is 0. The van der Waals surface area contributed by atoms with Crippen LogP contribution < -0.4 is 5.32 Å². The lowest BCUT2D eigenvalue weighted by molar-refractivity contribution is 0.210. The van der Waals surface area contributed by atoms with Crippen LogP contribution in [0.4, 0.5) is 0 Å². The molecule has 2 aliphatic rings. The zero-order valence-electron chi connectivity index (χ0n) is 12.1. The quantitative estimate of drug-likeness (QED) is 0.855. The number of aromatic nitrogens is 1. The summed E-state index contributed by atoms with van der Waals surface area (Å²) in [5, 5.41) is 3.59. The van der Waals surface area contributed by atoms with E-state index in [-0.39, 0.29) is 0 Å². The molecule has 1 aromatic heterocycles. The van der Waals surface area contributed by atoms with E-state index < -0.39 is 0 Å². The Kier molecular flexibility index (Phi) is 3.89. The molecule has 0 amide bonds. The second kappa shape index (κ2) is 5.63. The van der Waals surface area contributed by atoms with Crippen molar-refractivity contribution in [2.75, 3.05) is 19.6 Å². The first-order valence-corrected chi connectivity index (χ1v) is 7.59. The lowest BCUT2D eigenvalue weighted by atomic mass is 10.2. The molecule has 1 aromatic rings. The van der Waals surface area contributed by atoms with E-state index in [4.69, 9.17) is 4.42 Å². The number of aryl methyl sites for hydroxylation is 2. The summed E-state index contributed by atoms with van der Waals surface area (Å²) in [6, 6.07) is 0.663.